The van der Waals surface area contributed by atoms with Gasteiger partial charge in [-0.25, -0.2) is 0 Å². The minimum absolute atomic E-state index is 0.133. The second-order valence-corrected chi connectivity index (χ2v) is 11.4. The Bertz CT molecular complexity index is 1550. The summed E-state index contributed by atoms with van der Waals surface area (Å²) in [5.74, 6) is -1.11. The molecule has 2 N–H and O–H groups in total. The van der Waals surface area contributed by atoms with Crippen molar-refractivity contribution in [2.24, 2.45) is 17.8 Å². The lowest BCUT2D eigenvalue weighted by Crippen LogP contribution is -2.46. The van der Waals surface area contributed by atoms with E-state index in [9.17, 15) is 19.7 Å². The molecule has 3 aromatic carbocycles. The third-order valence-corrected chi connectivity index (χ3v) is 9.23. The van der Waals surface area contributed by atoms with Gasteiger partial charge in [0.2, 0.25) is 11.8 Å². The molecular weight excluding hydrogens is 513 g/mol. The van der Waals surface area contributed by atoms with Crippen molar-refractivity contribution in [3.05, 3.63) is 89.0 Å². The number of phenolic OH excluding ortho intramolecular Hbond substituents is 1. The lowest BCUT2D eigenvalue weighted by Gasteiger charge is -2.43. The number of benzene rings is 3. The van der Waals surface area contributed by atoms with Gasteiger partial charge in [0, 0.05) is 5.39 Å². The van der Waals surface area contributed by atoms with Gasteiger partial charge in [0.1, 0.15) is 5.75 Å². The summed E-state index contributed by atoms with van der Waals surface area (Å²) in [6.45, 7) is 4.24. The van der Waals surface area contributed by atoms with Crippen LogP contribution in [0.4, 0.5) is 5.69 Å². The Morgan fingerprint density at radius 1 is 0.976 bits per heavy atom. The molecule has 2 heterocycles. The molecule has 0 aromatic heterocycles. The molecule has 7 heteroatoms. The van der Waals surface area contributed by atoms with Gasteiger partial charge in [-0.15, -0.1) is 0 Å². The van der Waals surface area contributed by atoms with Gasteiger partial charge < -0.3 is 14.8 Å². The monoisotopic (exact) mass is 549 g/mol. The van der Waals surface area contributed by atoms with Crippen molar-refractivity contribution in [3.8, 4) is 5.75 Å². The van der Waals surface area contributed by atoms with E-state index in [-0.39, 0.29) is 29.6 Å². The second kappa shape index (κ2) is 11.3. The Kier molecular flexibility index (Phi) is 7.58. The first-order valence-corrected chi connectivity index (χ1v) is 14.8. The number of allylic oxidation sites excluding steroid dienone is 2. The van der Waals surface area contributed by atoms with Crippen molar-refractivity contribution in [1.29, 1.82) is 0 Å². The molecule has 0 spiro atoms. The van der Waals surface area contributed by atoms with E-state index in [1.54, 1.807) is 18.2 Å². The first-order valence-electron chi connectivity index (χ1n) is 14.8. The van der Waals surface area contributed by atoms with Crippen LogP contribution in [0.5, 0.6) is 5.75 Å². The van der Waals surface area contributed by atoms with E-state index in [4.69, 9.17) is 4.65 Å². The molecule has 2 aliphatic heterocycles. The summed E-state index contributed by atoms with van der Waals surface area (Å²) in [7, 11) is -0.977. The van der Waals surface area contributed by atoms with Gasteiger partial charge >= 0.3 is 7.12 Å². The number of imide groups is 1. The third kappa shape index (κ3) is 4.91. The summed E-state index contributed by atoms with van der Waals surface area (Å²) in [4.78, 5) is 28.7. The van der Waals surface area contributed by atoms with Crippen LogP contribution in [0.25, 0.3) is 16.8 Å². The minimum atomic E-state index is -0.977. The lowest BCUT2D eigenvalue weighted by molar-refractivity contribution is -0.122. The van der Waals surface area contributed by atoms with Crippen LogP contribution in [-0.4, -0.2) is 35.2 Å². The van der Waals surface area contributed by atoms with Gasteiger partial charge in [0.15, 0.2) is 0 Å². The topological polar surface area (TPSA) is 87.1 Å². The molecule has 2 saturated heterocycles. The molecule has 2 fully saturated rings. The maximum Gasteiger partial charge on any atom is 0.455 e. The summed E-state index contributed by atoms with van der Waals surface area (Å²) in [6.07, 6.45) is 5.88. The predicted molar refractivity (Wildman–Crippen MR) is 162 cm³/mol. The molecule has 0 unspecified atom stereocenters. The fourth-order valence-corrected chi connectivity index (χ4v) is 7.25. The zero-order valence-electron chi connectivity index (χ0n) is 23.6. The molecule has 3 aromatic rings. The van der Waals surface area contributed by atoms with E-state index in [1.165, 1.54) is 16.0 Å². The van der Waals surface area contributed by atoms with Gasteiger partial charge in [-0.3, -0.25) is 14.5 Å². The number of carbonyl (C=O) groups is 2. The van der Waals surface area contributed by atoms with E-state index >= 15 is 0 Å². The molecule has 210 valence electrons. The first kappa shape index (κ1) is 27.5. The van der Waals surface area contributed by atoms with E-state index < -0.39 is 19.0 Å². The number of aromatic hydroxyl groups is 1. The molecule has 41 heavy (non-hydrogen) atoms. The molecule has 0 bridgehead atoms. The van der Waals surface area contributed by atoms with Crippen LogP contribution in [0.3, 0.4) is 0 Å². The minimum Gasteiger partial charge on any atom is -0.507 e. The number of rotatable bonds is 7. The van der Waals surface area contributed by atoms with Crippen molar-refractivity contribution in [3.63, 3.8) is 0 Å². The number of hydrogen-bond donors (Lipinski definition) is 2. The highest BCUT2D eigenvalue weighted by atomic mass is 16.5. The smallest absolute Gasteiger partial charge is 0.455 e. The summed E-state index contributed by atoms with van der Waals surface area (Å²) >= 11 is 0. The molecule has 2 amide bonds. The van der Waals surface area contributed by atoms with Crippen molar-refractivity contribution >= 4 is 41.5 Å². The predicted octanol–water partition coefficient (Wildman–Crippen LogP) is 6.53. The van der Waals surface area contributed by atoms with E-state index in [1.807, 2.05) is 48.5 Å². The number of phenols is 1. The van der Waals surface area contributed by atoms with Gasteiger partial charge in [-0.1, -0.05) is 79.6 Å². The summed E-state index contributed by atoms with van der Waals surface area (Å²) in [5, 5.41) is 23.0. The van der Waals surface area contributed by atoms with E-state index in [2.05, 4.69) is 19.9 Å². The largest absolute Gasteiger partial charge is 0.507 e. The van der Waals surface area contributed by atoms with Crippen LogP contribution in [0.15, 0.2) is 83.4 Å². The molecule has 0 radical (unpaired) electrons. The number of nitrogens with zero attached hydrogens (tertiary/aromatic N) is 1. The molecule has 4 atom stereocenters. The number of fused-ring (bicyclic) bond motifs is 4. The number of carbonyl (C=O) groups excluding carboxylic acids is 2. The Morgan fingerprint density at radius 2 is 1.71 bits per heavy atom. The Hall–Kier alpha value is -3.68. The molecule has 0 saturated carbocycles. The van der Waals surface area contributed by atoms with Crippen molar-refractivity contribution in [2.75, 3.05) is 4.90 Å². The summed E-state index contributed by atoms with van der Waals surface area (Å²) < 4.78 is 6.17. The van der Waals surface area contributed by atoms with Crippen LogP contribution in [-0.2, 0) is 14.2 Å². The standard InChI is InChI=1S/C34H36BNO5/c1-3-21(18-23-15-16-29(37)26-13-9-8-12-25(23)26)14-17-30-31-22(4-2)19-27-32(28(31)20-35(40)41-30)34(39)36(33(27)38)24-10-6-5-7-11-24/h5-13,15-16,18,27-28,30,32,37,40H,3-4,14,17,19-20H2,1-2H3/b21-18+/t27-,28+,30-,32-/m1/s1. The average molecular weight is 549 g/mol. The van der Waals surface area contributed by atoms with Crippen LogP contribution in [0.2, 0.25) is 6.32 Å². The number of amides is 2. The maximum atomic E-state index is 13.8. The van der Waals surface area contributed by atoms with Gasteiger partial charge in [-0.05, 0) is 79.1 Å². The number of para-hydroxylation sites is 1. The fourth-order valence-electron chi connectivity index (χ4n) is 7.25. The second-order valence-electron chi connectivity index (χ2n) is 11.4. The van der Waals surface area contributed by atoms with Crippen LogP contribution >= 0.6 is 0 Å². The fraction of sp³-hybridized carbons (Fsp3) is 0.353. The SMILES string of the molecule is CCC1=C2[C@@H](CC/C(=C/c3ccc(O)c4ccccc34)CC)OB(O)C[C@@H]2[C@@H]2C(=O)N(c3ccccc3)C(=O)[C@@H]2C1. The highest BCUT2D eigenvalue weighted by molar-refractivity contribution is 6.43. The molecule has 6 nitrogen and oxygen atoms in total. The summed E-state index contributed by atoms with van der Waals surface area (Å²) in [5.41, 5.74) is 5.23. The Labute approximate surface area is 241 Å². The maximum absolute atomic E-state index is 13.8. The average Bonchev–Trinajstić information content (AvgIpc) is 3.25. The molecule has 3 aliphatic rings. The van der Waals surface area contributed by atoms with Gasteiger partial charge in [0.05, 0.1) is 23.6 Å². The van der Waals surface area contributed by atoms with Crippen molar-refractivity contribution < 1.29 is 24.4 Å². The molecule has 1 aliphatic carbocycles. The highest BCUT2D eigenvalue weighted by Gasteiger charge is 2.57. The van der Waals surface area contributed by atoms with Crippen LogP contribution < -0.4 is 4.90 Å². The zero-order chi connectivity index (χ0) is 28.7. The van der Waals surface area contributed by atoms with Crippen molar-refractivity contribution in [1.82, 2.24) is 0 Å². The quantitative estimate of drug-likeness (QED) is 0.199. The van der Waals surface area contributed by atoms with Crippen LogP contribution in [0, 0.1) is 17.8 Å². The molecule has 6 rings (SSSR count). The van der Waals surface area contributed by atoms with Crippen molar-refractivity contribution in [2.45, 2.75) is 58.4 Å². The Morgan fingerprint density at radius 3 is 2.44 bits per heavy atom. The first-order chi connectivity index (χ1) is 19.9. The van der Waals surface area contributed by atoms with E-state index in [0.717, 1.165) is 41.2 Å². The third-order valence-electron chi connectivity index (χ3n) is 9.23. The van der Waals surface area contributed by atoms with Gasteiger partial charge in [0.25, 0.3) is 0 Å². The van der Waals surface area contributed by atoms with E-state index in [0.29, 0.717) is 24.8 Å². The van der Waals surface area contributed by atoms with Gasteiger partial charge in [-0.2, -0.15) is 0 Å². The zero-order valence-corrected chi connectivity index (χ0v) is 23.6. The number of anilines is 1. The molecular formula is C34H36BNO5. The van der Waals surface area contributed by atoms with Crippen LogP contribution in [0.1, 0.15) is 51.5 Å². The lowest BCUT2D eigenvalue weighted by atomic mass is 9.58. The Balaban J connectivity index is 1.28. The highest BCUT2D eigenvalue weighted by Crippen LogP contribution is 2.51. The number of hydrogen-bond acceptors (Lipinski definition) is 5. The normalized spacial score (nSPS) is 24.7. The summed E-state index contributed by atoms with van der Waals surface area (Å²) in [6, 6.07) is 20.7.